The van der Waals surface area contributed by atoms with E-state index in [4.69, 9.17) is 4.74 Å². The van der Waals surface area contributed by atoms with Crippen molar-refractivity contribution < 1.29 is 9.53 Å². The van der Waals surface area contributed by atoms with Crippen LogP contribution in [0.1, 0.15) is 44.1 Å². The summed E-state index contributed by atoms with van der Waals surface area (Å²) in [5.41, 5.74) is 1.46. The van der Waals surface area contributed by atoms with Crippen molar-refractivity contribution in [1.82, 2.24) is 5.32 Å². The largest absolute Gasteiger partial charge is 0.368 e. The highest BCUT2D eigenvalue weighted by Gasteiger charge is 2.39. The molecule has 2 fully saturated rings. The predicted molar refractivity (Wildman–Crippen MR) is 108 cm³/mol. The first-order chi connectivity index (χ1) is 11.7. The average Bonchev–Trinajstić information content (AvgIpc) is 3.14. The third-order valence-electron chi connectivity index (χ3n) is 5.19. The van der Waals surface area contributed by atoms with E-state index in [9.17, 15) is 4.79 Å². The van der Waals surface area contributed by atoms with E-state index in [0.717, 1.165) is 29.8 Å². The Morgan fingerprint density at radius 2 is 2.04 bits per heavy atom. The number of piperidine rings is 1. The van der Waals surface area contributed by atoms with E-state index in [1.54, 1.807) is 7.11 Å². The SMILES string of the molecule is COC1(C(=O)Nc2cccc(CSC3CCCC3)c2)CCNCC1.Cl. The predicted octanol–water partition coefficient (Wildman–Crippen LogP) is 3.99. The number of thioether (sulfide) groups is 1. The third kappa shape index (κ3) is 5.36. The van der Waals surface area contributed by atoms with Gasteiger partial charge in [-0.05, 0) is 56.5 Å². The second kappa shape index (κ2) is 9.81. The van der Waals surface area contributed by atoms with Crippen LogP contribution >= 0.6 is 24.2 Å². The van der Waals surface area contributed by atoms with Gasteiger partial charge in [-0.3, -0.25) is 4.79 Å². The quantitative estimate of drug-likeness (QED) is 0.778. The Balaban J connectivity index is 0.00000225. The number of methoxy groups -OCH3 is 1. The van der Waals surface area contributed by atoms with Gasteiger partial charge in [-0.25, -0.2) is 0 Å². The Hall–Kier alpha value is -0.750. The van der Waals surface area contributed by atoms with Crippen LogP contribution in [0, 0.1) is 0 Å². The van der Waals surface area contributed by atoms with Crippen molar-refractivity contribution in [2.75, 3.05) is 25.5 Å². The normalized spacial score (nSPS) is 20.0. The molecular formula is C19H29ClN2O2S. The number of carbonyl (C=O) groups excluding carboxylic acids is 1. The molecule has 2 aliphatic rings. The maximum absolute atomic E-state index is 12.7. The minimum atomic E-state index is -0.695. The summed E-state index contributed by atoms with van der Waals surface area (Å²) in [5.74, 6) is 1.00. The molecule has 1 amide bonds. The van der Waals surface area contributed by atoms with Crippen LogP contribution in [0.15, 0.2) is 24.3 Å². The fourth-order valence-electron chi connectivity index (χ4n) is 3.61. The number of halogens is 1. The summed E-state index contributed by atoms with van der Waals surface area (Å²) in [5, 5.41) is 7.17. The zero-order valence-corrected chi connectivity index (χ0v) is 16.5. The average molecular weight is 385 g/mol. The molecule has 0 unspecified atom stereocenters. The first kappa shape index (κ1) is 20.6. The van der Waals surface area contributed by atoms with E-state index < -0.39 is 5.60 Å². The number of rotatable bonds is 6. The third-order valence-corrected chi connectivity index (χ3v) is 6.63. The zero-order chi connectivity index (χ0) is 16.8. The molecule has 0 aromatic heterocycles. The smallest absolute Gasteiger partial charge is 0.256 e. The molecule has 0 spiro atoms. The Morgan fingerprint density at radius 1 is 1.32 bits per heavy atom. The van der Waals surface area contributed by atoms with Crippen molar-refractivity contribution in [3.8, 4) is 0 Å². The Bertz CT molecular complexity index is 558. The number of nitrogens with one attached hydrogen (secondary N) is 2. The number of hydrogen-bond acceptors (Lipinski definition) is 4. The Morgan fingerprint density at radius 3 is 2.72 bits per heavy atom. The van der Waals surface area contributed by atoms with Crippen LogP contribution in [0.25, 0.3) is 0 Å². The molecule has 25 heavy (non-hydrogen) atoms. The number of hydrogen-bond donors (Lipinski definition) is 2. The minimum Gasteiger partial charge on any atom is -0.368 e. The molecule has 1 aliphatic carbocycles. The molecule has 1 aromatic rings. The van der Waals surface area contributed by atoms with Gasteiger partial charge in [0.25, 0.3) is 5.91 Å². The maximum Gasteiger partial charge on any atom is 0.256 e. The van der Waals surface area contributed by atoms with Gasteiger partial charge in [0, 0.05) is 23.8 Å². The summed E-state index contributed by atoms with van der Waals surface area (Å²) in [7, 11) is 1.64. The molecule has 1 heterocycles. The van der Waals surface area contributed by atoms with Crippen molar-refractivity contribution in [2.45, 2.75) is 55.1 Å². The summed E-state index contributed by atoms with van der Waals surface area (Å²) >= 11 is 2.05. The van der Waals surface area contributed by atoms with Crippen molar-refractivity contribution in [2.24, 2.45) is 0 Å². The molecule has 1 saturated heterocycles. The van der Waals surface area contributed by atoms with E-state index >= 15 is 0 Å². The molecule has 0 radical (unpaired) electrons. The van der Waals surface area contributed by atoms with Gasteiger partial charge in [-0.15, -0.1) is 12.4 Å². The molecule has 2 N–H and O–H groups in total. The van der Waals surface area contributed by atoms with E-state index in [1.165, 1.54) is 31.2 Å². The number of amides is 1. The second-order valence-corrected chi connectivity index (χ2v) is 8.11. The molecule has 6 heteroatoms. The summed E-state index contributed by atoms with van der Waals surface area (Å²) in [6.45, 7) is 1.64. The van der Waals surface area contributed by atoms with Gasteiger partial charge < -0.3 is 15.4 Å². The van der Waals surface area contributed by atoms with Crippen LogP contribution < -0.4 is 10.6 Å². The molecular weight excluding hydrogens is 356 g/mol. The van der Waals surface area contributed by atoms with Crippen LogP contribution in [0.2, 0.25) is 0 Å². The molecule has 0 bridgehead atoms. The molecule has 3 rings (SSSR count). The number of ether oxygens (including phenoxy) is 1. The minimum absolute atomic E-state index is 0. The van der Waals surface area contributed by atoms with E-state index in [-0.39, 0.29) is 18.3 Å². The molecule has 140 valence electrons. The number of anilines is 1. The van der Waals surface area contributed by atoms with Crippen LogP contribution in [0.4, 0.5) is 5.69 Å². The monoisotopic (exact) mass is 384 g/mol. The summed E-state index contributed by atoms with van der Waals surface area (Å²) < 4.78 is 5.60. The molecule has 4 nitrogen and oxygen atoms in total. The fraction of sp³-hybridized carbons (Fsp3) is 0.632. The van der Waals surface area contributed by atoms with Crippen molar-refractivity contribution in [1.29, 1.82) is 0 Å². The van der Waals surface area contributed by atoms with Crippen LogP contribution in [-0.4, -0.2) is 37.0 Å². The first-order valence-electron chi connectivity index (χ1n) is 9.00. The lowest BCUT2D eigenvalue weighted by Crippen LogP contribution is -2.51. The summed E-state index contributed by atoms with van der Waals surface area (Å²) in [6, 6.07) is 8.24. The summed E-state index contributed by atoms with van der Waals surface area (Å²) in [4.78, 5) is 12.7. The van der Waals surface area contributed by atoms with Crippen molar-refractivity contribution in [3.05, 3.63) is 29.8 Å². The van der Waals surface area contributed by atoms with Crippen LogP contribution in [0.3, 0.4) is 0 Å². The fourth-order valence-corrected chi connectivity index (χ4v) is 4.88. The lowest BCUT2D eigenvalue weighted by atomic mass is 9.91. The van der Waals surface area contributed by atoms with Crippen molar-refractivity contribution >= 4 is 35.8 Å². The highest BCUT2D eigenvalue weighted by atomic mass is 35.5. The maximum atomic E-state index is 12.7. The van der Waals surface area contributed by atoms with E-state index in [0.29, 0.717) is 12.8 Å². The molecule has 1 aliphatic heterocycles. The van der Waals surface area contributed by atoms with Gasteiger partial charge in [0.2, 0.25) is 0 Å². The van der Waals surface area contributed by atoms with E-state index in [1.807, 2.05) is 12.1 Å². The second-order valence-electron chi connectivity index (χ2n) is 6.82. The van der Waals surface area contributed by atoms with Gasteiger partial charge in [-0.1, -0.05) is 25.0 Å². The molecule has 0 atom stereocenters. The van der Waals surface area contributed by atoms with Gasteiger partial charge in [-0.2, -0.15) is 11.8 Å². The number of benzene rings is 1. The van der Waals surface area contributed by atoms with Gasteiger partial charge >= 0.3 is 0 Å². The Kier molecular flexibility index (Phi) is 8.07. The van der Waals surface area contributed by atoms with Gasteiger partial charge in [0.15, 0.2) is 0 Å². The van der Waals surface area contributed by atoms with Gasteiger partial charge in [0.05, 0.1) is 0 Å². The van der Waals surface area contributed by atoms with Crippen LogP contribution in [0.5, 0.6) is 0 Å². The zero-order valence-electron chi connectivity index (χ0n) is 14.9. The summed E-state index contributed by atoms with van der Waals surface area (Å²) in [6.07, 6.45) is 6.89. The first-order valence-corrected chi connectivity index (χ1v) is 10.0. The van der Waals surface area contributed by atoms with Crippen molar-refractivity contribution in [3.63, 3.8) is 0 Å². The van der Waals surface area contributed by atoms with Gasteiger partial charge in [0.1, 0.15) is 5.60 Å². The standard InChI is InChI=1S/C19H28N2O2S.ClH/c1-23-19(9-11-20-12-10-19)18(22)21-16-6-4-5-15(13-16)14-24-17-7-2-3-8-17;/h4-6,13,17,20H,2-3,7-12,14H2,1H3,(H,21,22);1H. The number of carbonyl (C=O) groups is 1. The highest BCUT2D eigenvalue weighted by molar-refractivity contribution is 7.99. The lowest BCUT2D eigenvalue weighted by molar-refractivity contribution is -0.140. The molecule has 1 aromatic carbocycles. The highest BCUT2D eigenvalue weighted by Crippen LogP contribution is 2.32. The lowest BCUT2D eigenvalue weighted by Gasteiger charge is -2.34. The van der Waals surface area contributed by atoms with E-state index in [2.05, 4.69) is 34.5 Å². The molecule has 1 saturated carbocycles. The topological polar surface area (TPSA) is 50.4 Å². The Labute approximate surface area is 161 Å². The van der Waals surface area contributed by atoms with Crippen LogP contribution in [-0.2, 0) is 15.3 Å².